The zero-order valence-corrected chi connectivity index (χ0v) is 19.5. The topological polar surface area (TPSA) is 64.7 Å². The second kappa shape index (κ2) is 9.53. The zero-order valence-electron chi connectivity index (χ0n) is 18.8. The van der Waals surface area contributed by atoms with Gasteiger partial charge in [-0.1, -0.05) is 78.3 Å². The highest BCUT2D eigenvalue weighted by Crippen LogP contribution is 2.21. The first-order valence-electron chi connectivity index (χ1n) is 11.1. The van der Waals surface area contributed by atoms with Crippen LogP contribution >= 0.6 is 11.6 Å². The van der Waals surface area contributed by atoms with Gasteiger partial charge in [0.2, 0.25) is 0 Å². The second-order valence-electron chi connectivity index (χ2n) is 8.25. The molecule has 2 aromatic heterocycles. The Bertz CT molecular complexity index is 1440. The fraction of sp³-hybridized carbons (Fsp3) is 0.148. The third-order valence-electron chi connectivity index (χ3n) is 5.82. The van der Waals surface area contributed by atoms with E-state index >= 15 is 0 Å². The number of carbonyl (C=O) groups excluding carboxylic acids is 1. The maximum absolute atomic E-state index is 12.9. The summed E-state index contributed by atoms with van der Waals surface area (Å²) >= 11 is 6.52. The van der Waals surface area contributed by atoms with Crippen molar-refractivity contribution in [3.63, 3.8) is 0 Å². The van der Waals surface area contributed by atoms with Gasteiger partial charge in [0.1, 0.15) is 5.15 Å². The lowest BCUT2D eigenvalue weighted by atomic mass is 10.1. The molecule has 0 aliphatic heterocycles. The maximum atomic E-state index is 12.9. The van der Waals surface area contributed by atoms with E-state index in [9.17, 15) is 4.79 Å². The van der Waals surface area contributed by atoms with Crippen LogP contribution in [0.3, 0.4) is 0 Å². The summed E-state index contributed by atoms with van der Waals surface area (Å²) in [5.41, 5.74) is 6.38. The van der Waals surface area contributed by atoms with Crippen LogP contribution < -0.4 is 5.32 Å². The van der Waals surface area contributed by atoms with E-state index in [-0.39, 0.29) is 5.91 Å². The number of para-hydroxylation sites is 2. The first-order chi connectivity index (χ1) is 16.6. The molecule has 7 heteroatoms. The molecule has 3 aromatic carbocycles. The minimum Gasteiger partial charge on any atom is -0.348 e. The molecule has 0 bridgehead atoms. The van der Waals surface area contributed by atoms with E-state index in [4.69, 9.17) is 11.6 Å². The molecule has 0 aliphatic rings. The molecule has 0 atom stereocenters. The third kappa shape index (κ3) is 4.58. The Kier molecular flexibility index (Phi) is 6.14. The van der Waals surface area contributed by atoms with Gasteiger partial charge in [0.25, 0.3) is 5.91 Å². The van der Waals surface area contributed by atoms with Crippen LogP contribution in [0.2, 0.25) is 5.15 Å². The Morgan fingerprint density at radius 2 is 1.56 bits per heavy atom. The fourth-order valence-corrected chi connectivity index (χ4v) is 4.36. The van der Waals surface area contributed by atoms with Gasteiger partial charge in [-0.15, -0.1) is 0 Å². The highest BCUT2D eigenvalue weighted by atomic mass is 35.5. The van der Waals surface area contributed by atoms with Crippen LogP contribution in [0.15, 0.2) is 85.2 Å². The summed E-state index contributed by atoms with van der Waals surface area (Å²) in [5.74, 6) is -0.226. The molecule has 34 heavy (non-hydrogen) atoms. The van der Waals surface area contributed by atoms with Gasteiger partial charge in [0, 0.05) is 13.1 Å². The lowest BCUT2D eigenvalue weighted by Crippen LogP contribution is -2.23. The van der Waals surface area contributed by atoms with Gasteiger partial charge in [-0.25, -0.2) is 9.67 Å². The largest absolute Gasteiger partial charge is 0.348 e. The van der Waals surface area contributed by atoms with E-state index in [2.05, 4.69) is 38.2 Å². The van der Waals surface area contributed by atoms with Gasteiger partial charge in [-0.3, -0.25) is 4.79 Å². The minimum atomic E-state index is -0.226. The number of fused-ring (bicyclic) bond motifs is 1. The Balaban J connectivity index is 1.22. The Hall–Kier alpha value is -3.90. The number of aromatic nitrogens is 4. The van der Waals surface area contributed by atoms with Crippen molar-refractivity contribution < 1.29 is 4.79 Å². The van der Waals surface area contributed by atoms with E-state index in [1.165, 1.54) is 5.56 Å². The predicted octanol–water partition coefficient (Wildman–Crippen LogP) is 5.22. The normalized spacial score (nSPS) is 11.1. The van der Waals surface area contributed by atoms with Crippen molar-refractivity contribution in [3.8, 4) is 0 Å². The number of nitrogens with zero attached hydrogens (tertiary/aromatic N) is 4. The van der Waals surface area contributed by atoms with Gasteiger partial charge in [-0.05, 0) is 35.7 Å². The molecule has 2 heterocycles. The predicted molar refractivity (Wildman–Crippen MR) is 134 cm³/mol. The molecule has 6 nitrogen and oxygen atoms in total. The van der Waals surface area contributed by atoms with Crippen molar-refractivity contribution in [1.82, 2.24) is 24.6 Å². The first-order valence-corrected chi connectivity index (χ1v) is 11.5. The monoisotopic (exact) mass is 469 g/mol. The van der Waals surface area contributed by atoms with Gasteiger partial charge in [0.15, 0.2) is 0 Å². The Labute approximate surface area is 202 Å². The average molecular weight is 470 g/mol. The Morgan fingerprint density at radius 1 is 0.882 bits per heavy atom. The third-order valence-corrected chi connectivity index (χ3v) is 6.21. The number of imidazole rings is 1. The summed E-state index contributed by atoms with van der Waals surface area (Å²) in [6.45, 7) is 3.47. The number of carbonyl (C=O) groups is 1. The molecule has 0 saturated carbocycles. The van der Waals surface area contributed by atoms with Crippen LogP contribution in [0.1, 0.15) is 32.7 Å². The molecule has 170 valence electrons. The van der Waals surface area contributed by atoms with E-state index in [0.29, 0.717) is 29.5 Å². The van der Waals surface area contributed by atoms with Crippen molar-refractivity contribution in [2.75, 3.05) is 0 Å². The molecule has 5 rings (SSSR count). The van der Waals surface area contributed by atoms with Crippen molar-refractivity contribution >= 4 is 28.5 Å². The van der Waals surface area contributed by atoms with Crippen LogP contribution in [0, 0.1) is 6.92 Å². The number of amides is 1. The lowest BCUT2D eigenvalue weighted by molar-refractivity contribution is 0.0950. The number of benzene rings is 3. The molecule has 0 saturated heterocycles. The lowest BCUT2D eigenvalue weighted by Gasteiger charge is -2.08. The minimum absolute atomic E-state index is 0.226. The zero-order chi connectivity index (χ0) is 23.5. The van der Waals surface area contributed by atoms with E-state index in [1.54, 1.807) is 11.6 Å². The SMILES string of the molecule is Cc1nn(Cc2ccccc2)c(Cl)c1C(=O)NCc1ccc(Cn2cnc3ccccc32)cc1. The van der Waals surface area contributed by atoms with Crippen molar-refractivity contribution in [1.29, 1.82) is 0 Å². The smallest absolute Gasteiger partial charge is 0.256 e. The van der Waals surface area contributed by atoms with E-state index in [0.717, 1.165) is 28.7 Å². The van der Waals surface area contributed by atoms with Crippen LogP contribution in [-0.4, -0.2) is 25.2 Å². The maximum Gasteiger partial charge on any atom is 0.256 e. The van der Waals surface area contributed by atoms with Crippen molar-refractivity contribution in [2.45, 2.75) is 26.6 Å². The summed E-state index contributed by atoms with van der Waals surface area (Å²) in [5, 5.41) is 7.79. The molecular weight excluding hydrogens is 446 g/mol. The average Bonchev–Trinajstić information content (AvgIpc) is 3.39. The summed E-state index contributed by atoms with van der Waals surface area (Å²) < 4.78 is 3.79. The molecule has 5 aromatic rings. The highest BCUT2D eigenvalue weighted by molar-refractivity contribution is 6.33. The number of rotatable bonds is 7. The summed E-state index contributed by atoms with van der Waals surface area (Å²) in [7, 11) is 0. The molecule has 0 spiro atoms. The standard InChI is InChI=1S/C27H24ClN5O/c1-19-25(26(28)33(31-19)17-21-7-3-2-4-8-21)27(34)29-15-20-11-13-22(14-12-20)16-32-18-30-23-9-5-6-10-24(23)32/h2-14,18H,15-17H2,1H3,(H,29,34). The molecule has 0 aliphatic carbocycles. The molecule has 0 fully saturated rings. The van der Waals surface area contributed by atoms with Crippen molar-refractivity contribution in [2.24, 2.45) is 0 Å². The summed E-state index contributed by atoms with van der Waals surface area (Å²) in [6, 6.07) is 26.2. The number of hydrogen-bond acceptors (Lipinski definition) is 3. The molecular formula is C27H24ClN5O. The second-order valence-corrected chi connectivity index (χ2v) is 8.61. The van der Waals surface area contributed by atoms with Gasteiger partial charge in [0.05, 0.1) is 35.2 Å². The summed E-state index contributed by atoms with van der Waals surface area (Å²) in [6.07, 6.45) is 1.86. The molecule has 1 amide bonds. The van der Waals surface area contributed by atoms with Gasteiger partial charge >= 0.3 is 0 Å². The van der Waals surface area contributed by atoms with Crippen LogP contribution in [0.4, 0.5) is 0 Å². The highest BCUT2D eigenvalue weighted by Gasteiger charge is 2.20. The number of hydrogen-bond donors (Lipinski definition) is 1. The van der Waals surface area contributed by atoms with Crippen LogP contribution in [0.25, 0.3) is 11.0 Å². The first kappa shape index (κ1) is 21.9. The van der Waals surface area contributed by atoms with Crippen LogP contribution in [-0.2, 0) is 19.6 Å². The van der Waals surface area contributed by atoms with Gasteiger partial charge in [-0.2, -0.15) is 5.10 Å². The number of halogens is 1. The molecule has 1 N–H and O–H groups in total. The molecule has 0 radical (unpaired) electrons. The number of aryl methyl sites for hydroxylation is 1. The van der Waals surface area contributed by atoms with Gasteiger partial charge < -0.3 is 9.88 Å². The Morgan fingerprint density at radius 3 is 2.35 bits per heavy atom. The number of nitrogens with one attached hydrogen (secondary N) is 1. The van der Waals surface area contributed by atoms with E-state index in [1.807, 2.05) is 67.0 Å². The van der Waals surface area contributed by atoms with E-state index < -0.39 is 0 Å². The van der Waals surface area contributed by atoms with Crippen molar-refractivity contribution in [3.05, 3.63) is 118 Å². The fourth-order valence-electron chi connectivity index (χ4n) is 4.04. The molecule has 0 unspecified atom stereocenters. The quantitative estimate of drug-likeness (QED) is 0.355. The van der Waals surface area contributed by atoms with Crippen LogP contribution in [0.5, 0.6) is 0 Å². The summed E-state index contributed by atoms with van der Waals surface area (Å²) in [4.78, 5) is 17.3.